The Labute approximate surface area is 154 Å². The Bertz CT molecular complexity index is 835. The number of piperazine rings is 1. The number of para-hydroxylation sites is 1. The molecule has 0 spiro atoms. The van der Waals surface area contributed by atoms with Crippen LogP contribution in [0.4, 0.5) is 0 Å². The van der Waals surface area contributed by atoms with Crippen molar-refractivity contribution in [1.29, 1.82) is 0 Å². The summed E-state index contributed by atoms with van der Waals surface area (Å²) in [6.07, 6.45) is 1.90. The fourth-order valence-corrected chi connectivity index (χ4v) is 3.57. The van der Waals surface area contributed by atoms with Crippen LogP contribution in [0, 0.1) is 12.8 Å². The Morgan fingerprint density at radius 3 is 2.62 bits per heavy atom. The molecule has 1 fully saturated rings. The van der Waals surface area contributed by atoms with Crippen molar-refractivity contribution in [2.24, 2.45) is 5.92 Å². The van der Waals surface area contributed by atoms with E-state index in [1.807, 2.05) is 24.0 Å². The molecule has 1 aromatic carbocycles. The smallest absolute Gasteiger partial charge is 0.261 e. The summed E-state index contributed by atoms with van der Waals surface area (Å²) in [6, 6.07) is 5.61. The molecule has 1 amide bonds. The Hall–Kier alpha value is -2.21. The fourth-order valence-electron chi connectivity index (χ4n) is 3.57. The number of benzene rings is 1. The maximum Gasteiger partial charge on any atom is 0.261 e. The molecule has 0 atom stereocenters. The highest BCUT2D eigenvalue weighted by Gasteiger charge is 2.21. The van der Waals surface area contributed by atoms with E-state index in [0.717, 1.165) is 43.8 Å². The SMILES string of the molecule is Cc1cccc2c(=O)n(CCC(=O)N3CCN(CC(C)C)CC3)cnc12. The molecule has 1 saturated heterocycles. The van der Waals surface area contributed by atoms with Crippen molar-refractivity contribution in [3.05, 3.63) is 40.4 Å². The van der Waals surface area contributed by atoms with E-state index in [0.29, 0.717) is 24.3 Å². The minimum absolute atomic E-state index is 0.0757. The van der Waals surface area contributed by atoms with Crippen LogP contribution in [0.2, 0.25) is 0 Å². The lowest BCUT2D eigenvalue weighted by Gasteiger charge is -2.35. The molecule has 0 saturated carbocycles. The van der Waals surface area contributed by atoms with Crippen molar-refractivity contribution >= 4 is 16.8 Å². The van der Waals surface area contributed by atoms with Crippen molar-refractivity contribution in [3.63, 3.8) is 0 Å². The van der Waals surface area contributed by atoms with Crippen molar-refractivity contribution in [2.45, 2.75) is 33.7 Å². The number of nitrogens with zero attached hydrogens (tertiary/aromatic N) is 4. The summed E-state index contributed by atoms with van der Waals surface area (Å²) in [5.41, 5.74) is 1.65. The van der Waals surface area contributed by atoms with Crippen molar-refractivity contribution < 1.29 is 4.79 Å². The number of fused-ring (bicyclic) bond motifs is 1. The maximum absolute atomic E-state index is 12.6. The third-order valence-corrected chi connectivity index (χ3v) is 4.97. The van der Waals surface area contributed by atoms with Crippen LogP contribution in [0.3, 0.4) is 0 Å². The zero-order chi connectivity index (χ0) is 18.7. The Morgan fingerprint density at radius 1 is 1.19 bits per heavy atom. The zero-order valence-corrected chi connectivity index (χ0v) is 15.9. The van der Waals surface area contributed by atoms with Crippen LogP contribution in [0.25, 0.3) is 10.9 Å². The van der Waals surface area contributed by atoms with Gasteiger partial charge in [-0.15, -0.1) is 0 Å². The average Bonchev–Trinajstić information content (AvgIpc) is 2.62. The molecule has 0 N–H and O–H groups in total. The molecular weight excluding hydrogens is 328 g/mol. The summed E-state index contributed by atoms with van der Waals surface area (Å²) >= 11 is 0. The second-order valence-corrected chi connectivity index (χ2v) is 7.54. The first-order chi connectivity index (χ1) is 12.5. The standard InChI is InChI=1S/C20H28N4O2/c1-15(2)13-22-9-11-23(12-10-22)18(25)7-8-24-14-21-19-16(3)5-4-6-17(19)20(24)26/h4-6,14-15H,7-13H2,1-3H3. The summed E-state index contributed by atoms with van der Waals surface area (Å²) in [5.74, 6) is 0.763. The number of amides is 1. The second-order valence-electron chi connectivity index (χ2n) is 7.54. The third kappa shape index (κ3) is 4.12. The zero-order valence-electron chi connectivity index (χ0n) is 15.9. The van der Waals surface area contributed by atoms with Gasteiger partial charge < -0.3 is 4.90 Å². The maximum atomic E-state index is 12.6. The van der Waals surface area contributed by atoms with Gasteiger partial charge in [0, 0.05) is 45.7 Å². The van der Waals surface area contributed by atoms with E-state index in [2.05, 4.69) is 23.7 Å². The minimum atomic E-state index is -0.0757. The van der Waals surface area contributed by atoms with Crippen LogP contribution in [-0.4, -0.2) is 58.0 Å². The Morgan fingerprint density at radius 2 is 1.92 bits per heavy atom. The highest BCUT2D eigenvalue weighted by atomic mass is 16.2. The summed E-state index contributed by atoms with van der Waals surface area (Å²) in [6.45, 7) is 11.2. The first-order valence-electron chi connectivity index (χ1n) is 9.40. The van der Waals surface area contributed by atoms with Gasteiger partial charge in [0.05, 0.1) is 17.2 Å². The number of aryl methyl sites for hydroxylation is 2. The summed E-state index contributed by atoms with van der Waals surface area (Å²) in [7, 11) is 0. The van der Waals surface area contributed by atoms with E-state index in [-0.39, 0.29) is 11.5 Å². The predicted octanol–water partition coefficient (Wildman–Crippen LogP) is 1.90. The first kappa shape index (κ1) is 18.6. The first-order valence-corrected chi connectivity index (χ1v) is 9.40. The normalized spacial score (nSPS) is 15.8. The van der Waals surface area contributed by atoms with Gasteiger partial charge in [-0.3, -0.25) is 19.1 Å². The molecule has 140 valence electrons. The van der Waals surface area contributed by atoms with Gasteiger partial charge in [0.1, 0.15) is 0 Å². The molecule has 2 aromatic rings. The molecule has 1 aliphatic heterocycles. The molecule has 26 heavy (non-hydrogen) atoms. The molecule has 0 aliphatic carbocycles. The molecule has 6 heteroatoms. The number of hydrogen-bond donors (Lipinski definition) is 0. The predicted molar refractivity (Wildman–Crippen MR) is 103 cm³/mol. The summed E-state index contributed by atoms with van der Waals surface area (Å²) in [5, 5.41) is 0.613. The van der Waals surface area contributed by atoms with Gasteiger partial charge in [-0.1, -0.05) is 26.0 Å². The van der Waals surface area contributed by atoms with Crippen LogP contribution in [0.1, 0.15) is 25.8 Å². The van der Waals surface area contributed by atoms with Crippen LogP contribution >= 0.6 is 0 Å². The molecule has 3 rings (SSSR count). The van der Waals surface area contributed by atoms with Crippen LogP contribution in [0.15, 0.2) is 29.3 Å². The molecule has 1 aliphatic rings. The Balaban J connectivity index is 1.59. The summed E-state index contributed by atoms with van der Waals surface area (Å²) < 4.78 is 1.55. The number of rotatable bonds is 5. The minimum Gasteiger partial charge on any atom is -0.340 e. The molecule has 0 unspecified atom stereocenters. The van der Waals surface area contributed by atoms with Gasteiger partial charge in [0.2, 0.25) is 5.91 Å². The van der Waals surface area contributed by atoms with Crippen molar-refractivity contribution in [2.75, 3.05) is 32.7 Å². The quantitative estimate of drug-likeness (QED) is 0.821. The number of carbonyl (C=O) groups excluding carboxylic acids is 1. The van der Waals surface area contributed by atoms with Crippen LogP contribution < -0.4 is 5.56 Å². The fraction of sp³-hybridized carbons (Fsp3) is 0.550. The monoisotopic (exact) mass is 356 g/mol. The number of hydrogen-bond acceptors (Lipinski definition) is 4. The largest absolute Gasteiger partial charge is 0.340 e. The Kier molecular flexibility index (Phi) is 5.71. The molecular formula is C20H28N4O2. The topological polar surface area (TPSA) is 58.4 Å². The third-order valence-electron chi connectivity index (χ3n) is 4.97. The van der Waals surface area contributed by atoms with Gasteiger partial charge in [-0.25, -0.2) is 4.98 Å². The van der Waals surface area contributed by atoms with E-state index < -0.39 is 0 Å². The number of carbonyl (C=O) groups is 1. The summed E-state index contributed by atoms with van der Waals surface area (Å²) in [4.78, 5) is 33.8. The molecule has 1 aromatic heterocycles. The molecule has 0 radical (unpaired) electrons. The van der Waals surface area contributed by atoms with Crippen LogP contribution in [-0.2, 0) is 11.3 Å². The second kappa shape index (κ2) is 7.99. The lowest BCUT2D eigenvalue weighted by molar-refractivity contribution is -0.133. The van der Waals surface area contributed by atoms with Crippen LogP contribution in [0.5, 0.6) is 0 Å². The van der Waals surface area contributed by atoms with E-state index in [9.17, 15) is 9.59 Å². The van der Waals surface area contributed by atoms with Gasteiger partial charge in [0.25, 0.3) is 5.56 Å². The highest BCUT2D eigenvalue weighted by Crippen LogP contribution is 2.12. The van der Waals surface area contributed by atoms with Crippen molar-refractivity contribution in [1.82, 2.24) is 19.4 Å². The van der Waals surface area contributed by atoms with E-state index in [1.165, 1.54) is 0 Å². The van der Waals surface area contributed by atoms with Gasteiger partial charge in [0.15, 0.2) is 0 Å². The molecule has 0 bridgehead atoms. The lowest BCUT2D eigenvalue weighted by Crippen LogP contribution is -2.49. The molecule has 6 nitrogen and oxygen atoms in total. The average molecular weight is 356 g/mol. The van der Waals surface area contributed by atoms with Gasteiger partial charge in [-0.05, 0) is 24.5 Å². The van der Waals surface area contributed by atoms with E-state index in [1.54, 1.807) is 17.0 Å². The van der Waals surface area contributed by atoms with E-state index in [4.69, 9.17) is 0 Å². The van der Waals surface area contributed by atoms with Crippen molar-refractivity contribution in [3.8, 4) is 0 Å². The van der Waals surface area contributed by atoms with Gasteiger partial charge >= 0.3 is 0 Å². The van der Waals surface area contributed by atoms with Gasteiger partial charge in [-0.2, -0.15) is 0 Å². The number of aromatic nitrogens is 2. The lowest BCUT2D eigenvalue weighted by atomic mass is 10.1. The highest BCUT2D eigenvalue weighted by molar-refractivity contribution is 5.80. The van der Waals surface area contributed by atoms with E-state index >= 15 is 0 Å². The molecule has 2 heterocycles.